The second-order valence-electron chi connectivity index (χ2n) is 7.40. The van der Waals surface area contributed by atoms with E-state index in [1.54, 1.807) is 30.0 Å². The number of nitrogens with one attached hydrogen (secondary N) is 1. The summed E-state index contributed by atoms with van der Waals surface area (Å²) < 4.78 is 11.3. The highest BCUT2D eigenvalue weighted by atomic mass is 32.2. The number of carboxylic acids is 1. The maximum absolute atomic E-state index is 11.9. The largest absolute Gasteiger partial charge is 0.489 e. The average Bonchev–Trinajstić information content (AvgIpc) is 2.54. The monoisotopic (exact) mass is 381 g/mol. The zero-order valence-corrected chi connectivity index (χ0v) is 16.5. The molecule has 1 aromatic rings. The maximum Gasteiger partial charge on any atom is 0.407 e. The third kappa shape index (κ3) is 6.12. The van der Waals surface area contributed by atoms with Crippen LogP contribution in [0.2, 0.25) is 0 Å². The molecule has 6 nitrogen and oxygen atoms in total. The fourth-order valence-corrected chi connectivity index (χ4v) is 3.31. The van der Waals surface area contributed by atoms with Crippen LogP contribution in [0.5, 0.6) is 5.75 Å². The van der Waals surface area contributed by atoms with Gasteiger partial charge in [0.15, 0.2) is 0 Å². The highest BCUT2D eigenvalue weighted by molar-refractivity contribution is 7.98. The summed E-state index contributed by atoms with van der Waals surface area (Å²) in [5.74, 6) is -0.583. The van der Waals surface area contributed by atoms with Crippen LogP contribution in [0.25, 0.3) is 0 Å². The van der Waals surface area contributed by atoms with Crippen molar-refractivity contribution in [1.29, 1.82) is 0 Å². The summed E-state index contributed by atoms with van der Waals surface area (Å²) >= 11 is 1.54. The summed E-state index contributed by atoms with van der Waals surface area (Å²) in [6.07, 6.45) is 4.53. The van der Waals surface area contributed by atoms with E-state index in [-0.39, 0.29) is 17.7 Å². The van der Waals surface area contributed by atoms with E-state index in [0.717, 1.165) is 30.6 Å². The Morgan fingerprint density at radius 3 is 2.38 bits per heavy atom. The number of hydrogen-bond acceptors (Lipinski definition) is 5. The SMILES string of the molecule is CSc1ccc(C(=O)O)c(OC2CCC(NC(=O)OC(C)(C)C)CC2)c1. The van der Waals surface area contributed by atoms with Crippen LogP contribution in [0.3, 0.4) is 0 Å². The van der Waals surface area contributed by atoms with Gasteiger partial charge in [-0.3, -0.25) is 0 Å². The van der Waals surface area contributed by atoms with E-state index in [0.29, 0.717) is 5.75 Å². The Labute approximate surface area is 158 Å². The fourth-order valence-electron chi connectivity index (χ4n) is 2.88. The van der Waals surface area contributed by atoms with Crippen LogP contribution in [0.4, 0.5) is 4.79 Å². The Kier molecular flexibility index (Phi) is 6.81. The quantitative estimate of drug-likeness (QED) is 0.739. The molecule has 144 valence electrons. The van der Waals surface area contributed by atoms with Crippen LogP contribution in [0, 0.1) is 0 Å². The molecule has 0 aromatic heterocycles. The van der Waals surface area contributed by atoms with E-state index in [4.69, 9.17) is 9.47 Å². The van der Waals surface area contributed by atoms with Crippen LogP contribution in [0.1, 0.15) is 56.8 Å². The van der Waals surface area contributed by atoms with E-state index in [1.807, 2.05) is 27.0 Å². The number of carbonyl (C=O) groups is 2. The number of aromatic carboxylic acids is 1. The first-order valence-electron chi connectivity index (χ1n) is 8.75. The summed E-state index contributed by atoms with van der Waals surface area (Å²) in [6.45, 7) is 5.50. The molecule has 2 N–H and O–H groups in total. The third-order valence-electron chi connectivity index (χ3n) is 4.11. The van der Waals surface area contributed by atoms with Crippen molar-refractivity contribution in [2.75, 3.05) is 6.26 Å². The first kappa shape index (κ1) is 20.4. The van der Waals surface area contributed by atoms with Crippen molar-refractivity contribution < 1.29 is 24.2 Å². The number of amides is 1. The zero-order valence-electron chi connectivity index (χ0n) is 15.7. The molecule has 0 heterocycles. The number of ether oxygens (including phenoxy) is 2. The molecule has 1 fully saturated rings. The molecule has 0 aliphatic heterocycles. The first-order valence-corrected chi connectivity index (χ1v) is 9.98. The minimum Gasteiger partial charge on any atom is -0.489 e. The van der Waals surface area contributed by atoms with E-state index in [9.17, 15) is 14.7 Å². The zero-order chi connectivity index (χ0) is 19.3. The van der Waals surface area contributed by atoms with Gasteiger partial charge in [0.05, 0.1) is 6.10 Å². The summed E-state index contributed by atoms with van der Waals surface area (Å²) in [6, 6.07) is 5.20. The molecule has 0 saturated heterocycles. The molecule has 1 aliphatic carbocycles. The minimum atomic E-state index is -0.993. The van der Waals surface area contributed by atoms with Crippen LogP contribution in [-0.2, 0) is 4.74 Å². The number of rotatable bonds is 5. The van der Waals surface area contributed by atoms with Gasteiger partial charge in [0.2, 0.25) is 0 Å². The van der Waals surface area contributed by atoms with Crippen molar-refractivity contribution in [3.63, 3.8) is 0 Å². The number of benzene rings is 1. The Morgan fingerprint density at radius 1 is 1.19 bits per heavy atom. The molecule has 7 heteroatoms. The molecule has 26 heavy (non-hydrogen) atoms. The highest BCUT2D eigenvalue weighted by Gasteiger charge is 2.26. The molecule has 0 unspecified atom stereocenters. The molecule has 0 bridgehead atoms. The standard InChI is InChI=1S/C19H27NO5S/c1-19(2,3)25-18(23)20-12-5-7-13(8-6-12)24-16-11-14(26-4)9-10-15(16)17(21)22/h9-13H,5-8H2,1-4H3,(H,20,23)(H,21,22). The third-order valence-corrected chi connectivity index (χ3v) is 4.83. The van der Waals surface area contributed by atoms with Gasteiger partial charge in [-0.1, -0.05) is 0 Å². The lowest BCUT2D eigenvalue weighted by Gasteiger charge is -2.30. The maximum atomic E-state index is 11.9. The lowest BCUT2D eigenvalue weighted by Crippen LogP contribution is -2.42. The summed E-state index contributed by atoms with van der Waals surface area (Å²) in [5.41, 5.74) is -0.336. The van der Waals surface area contributed by atoms with Gasteiger partial charge < -0.3 is 19.9 Å². The van der Waals surface area contributed by atoms with Crippen molar-refractivity contribution in [2.24, 2.45) is 0 Å². The molecule has 1 aromatic carbocycles. The Morgan fingerprint density at radius 2 is 1.85 bits per heavy atom. The Bertz CT molecular complexity index is 648. The van der Waals surface area contributed by atoms with Crippen molar-refractivity contribution in [3.8, 4) is 5.75 Å². The Balaban J connectivity index is 1.91. The molecule has 1 amide bonds. The van der Waals surface area contributed by atoms with Gasteiger partial charge in [0.25, 0.3) is 0 Å². The van der Waals surface area contributed by atoms with E-state index >= 15 is 0 Å². The average molecular weight is 381 g/mol. The van der Waals surface area contributed by atoms with Crippen molar-refractivity contribution in [3.05, 3.63) is 23.8 Å². The van der Waals surface area contributed by atoms with Crippen LogP contribution in [0.15, 0.2) is 23.1 Å². The number of carboxylic acid groups (broad SMARTS) is 1. The normalized spacial score (nSPS) is 20.3. The summed E-state index contributed by atoms with van der Waals surface area (Å²) in [7, 11) is 0. The predicted molar refractivity (Wildman–Crippen MR) is 101 cm³/mol. The fraction of sp³-hybridized carbons (Fsp3) is 0.579. The molecule has 0 radical (unpaired) electrons. The molecule has 1 saturated carbocycles. The van der Waals surface area contributed by atoms with E-state index in [1.165, 1.54) is 0 Å². The molecule has 1 aliphatic rings. The van der Waals surface area contributed by atoms with Crippen LogP contribution >= 0.6 is 11.8 Å². The van der Waals surface area contributed by atoms with Gasteiger partial charge in [-0.2, -0.15) is 0 Å². The number of carbonyl (C=O) groups excluding carboxylic acids is 1. The predicted octanol–water partition coefficient (Wildman–Crippen LogP) is 4.32. The molecular weight excluding hydrogens is 354 g/mol. The number of alkyl carbamates (subject to hydrolysis) is 1. The summed E-state index contributed by atoms with van der Waals surface area (Å²) in [4.78, 5) is 24.2. The Hall–Kier alpha value is -1.89. The van der Waals surface area contributed by atoms with Crippen molar-refractivity contribution in [2.45, 2.75) is 69.1 Å². The number of hydrogen-bond donors (Lipinski definition) is 2. The van der Waals surface area contributed by atoms with Gasteiger partial charge in [-0.05, 0) is 70.9 Å². The van der Waals surface area contributed by atoms with Crippen molar-refractivity contribution in [1.82, 2.24) is 5.32 Å². The van der Waals surface area contributed by atoms with E-state index < -0.39 is 17.7 Å². The first-order chi connectivity index (χ1) is 12.2. The molecular formula is C19H27NO5S. The smallest absolute Gasteiger partial charge is 0.407 e. The van der Waals surface area contributed by atoms with Gasteiger partial charge >= 0.3 is 12.1 Å². The number of thioether (sulfide) groups is 1. The van der Waals surface area contributed by atoms with Gasteiger partial charge in [0, 0.05) is 10.9 Å². The van der Waals surface area contributed by atoms with Crippen LogP contribution in [-0.4, -0.2) is 41.2 Å². The van der Waals surface area contributed by atoms with E-state index in [2.05, 4.69) is 5.32 Å². The van der Waals surface area contributed by atoms with Crippen molar-refractivity contribution >= 4 is 23.8 Å². The second kappa shape index (κ2) is 8.66. The highest BCUT2D eigenvalue weighted by Crippen LogP contribution is 2.30. The minimum absolute atomic E-state index is 0.0538. The molecule has 2 rings (SSSR count). The van der Waals surface area contributed by atoms with Gasteiger partial charge in [-0.15, -0.1) is 11.8 Å². The second-order valence-corrected chi connectivity index (χ2v) is 8.28. The van der Waals surface area contributed by atoms with Gasteiger partial charge in [-0.25, -0.2) is 9.59 Å². The topological polar surface area (TPSA) is 84.9 Å². The molecule has 0 atom stereocenters. The van der Waals surface area contributed by atoms with Gasteiger partial charge in [0.1, 0.15) is 16.9 Å². The van der Waals surface area contributed by atoms with Crippen LogP contribution < -0.4 is 10.1 Å². The lowest BCUT2D eigenvalue weighted by molar-refractivity contribution is 0.0467. The lowest BCUT2D eigenvalue weighted by atomic mass is 9.93. The summed E-state index contributed by atoms with van der Waals surface area (Å²) in [5, 5.41) is 12.2. The molecule has 0 spiro atoms.